The molecule has 1 aliphatic heterocycles. The molecule has 0 saturated heterocycles. The molecule has 1 aliphatic rings. The summed E-state index contributed by atoms with van der Waals surface area (Å²) in [5.41, 5.74) is 1.42. The second-order valence-electron chi connectivity index (χ2n) is 8.01. The zero-order valence-corrected chi connectivity index (χ0v) is 19.0. The summed E-state index contributed by atoms with van der Waals surface area (Å²) in [4.78, 5) is 31.8. The van der Waals surface area contributed by atoms with Gasteiger partial charge >= 0.3 is 17.3 Å². The molecule has 4 rings (SSSR count). The number of carbonyl (C=O) groups is 1. The van der Waals surface area contributed by atoms with Crippen LogP contribution in [0.3, 0.4) is 0 Å². The third-order valence-corrected chi connectivity index (χ3v) is 5.59. The fourth-order valence-electron chi connectivity index (χ4n) is 3.74. The zero-order chi connectivity index (χ0) is 25.7. The molecule has 0 spiro atoms. The van der Waals surface area contributed by atoms with Gasteiger partial charge < -0.3 is 5.11 Å². The van der Waals surface area contributed by atoms with Crippen molar-refractivity contribution in [2.75, 3.05) is 13.1 Å². The van der Waals surface area contributed by atoms with Gasteiger partial charge in [-0.1, -0.05) is 12.1 Å². The van der Waals surface area contributed by atoms with Crippen LogP contribution in [-0.2, 0) is 0 Å². The SMILES string of the molecule is CC(C)N1CC=C(c2n[nH]c3ccc(C#N)cc23)CC1.O=C(O)c1cccc([N+](=O)[O-])c1[N+](=O)[O-]. The smallest absolute Gasteiger partial charge is 0.360 e. The number of nitriles is 1. The van der Waals surface area contributed by atoms with E-state index in [1.165, 1.54) is 5.57 Å². The molecule has 0 unspecified atom stereocenters. The minimum absolute atomic E-state index is 0.578. The van der Waals surface area contributed by atoms with E-state index in [-0.39, 0.29) is 0 Å². The molecule has 12 nitrogen and oxygen atoms in total. The Hall–Kier alpha value is -4.63. The zero-order valence-electron chi connectivity index (χ0n) is 19.0. The van der Waals surface area contributed by atoms with Gasteiger partial charge in [-0.05, 0) is 50.1 Å². The minimum Gasteiger partial charge on any atom is -0.477 e. The van der Waals surface area contributed by atoms with Crippen molar-refractivity contribution in [2.45, 2.75) is 26.3 Å². The van der Waals surface area contributed by atoms with Crippen LogP contribution < -0.4 is 0 Å². The van der Waals surface area contributed by atoms with Gasteiger partial charge in [0.05, 0.1) is 32.7 Å². The van der Waals surface area contributed by atoms with Crippen molar-refractivity contribution in [3.8, 4) is 6.07 Å². The maximum atomic E-state index is 10.6. The Morgan fingerprint density at radius 1 is 1.23 bits per heavy atom. The fraction of sp³-hybridized carbons (Fsp3) is 0.261. The van der Waals surface area contributed by atoms with Crippen LogP contribution in [0.25, 0.3) is 16.5 Å². The first kappa shape index (κ1) is 25.0. The van der Waals surface area contributed by atoms with E-state index < -0.39 is 32.8 Å². The molecule has 0 fully saturated rings. The first-order valence-corrected chi connectivity index (χ1v) is 10.6. The molecule has 0 bridgehead atoms. The lowest BCUT2D eigenvalue weighted by Crippen LogP contribution is -2.34. The molecule has 180 valence electrons. The maximum absolute atomic E-state index is 10.6. The summed E-state index contributed by atoms with van der Waals surface area (Å²) in [6.07, 6.45) is 3.27. The molecule has 0 atom stereocenters. The summed E-state index contributed by atoms with van der Waals surface area (Å²) < 4.78 is 0. The number of hydrogen-bond donors (Lipinski definition) is 2. The van der Waals surface area contributed by atoms with Crippen molar-refractivity contribution >= 4 is 33.8 Å². The third-order valence-electron chi connectivity index (χ3n) is 5.59. The number of hydrogen-bond acceptors (Lipinski definition) is 8. The van der Waals surface area contributed by atoms with Crippen LogP contribution in [-0.4, -0.2) is 55.2 Å². The molecule has 35 heavy (non-hydrogen) atoms. The average molecular weight is 478 g/mol. The number of fused-ring (bicyclic) bond motifs is 1. The fourth-order valence-corrected chi connectivity index (χ4v) is 3.74. The van der Waals surface area contributed by atoms with Gasteiger partial charge in [-0.25, -0.2) is 4.79 Å². The predicted octanol–water partition coefficient (Wildman–Crippen LogP) is 4.13. The van der Waals surface area contributed by atoms with Crippen LogP contribution in [0.4, 0.5) is 11.4 Å². The molecule has 2 N–H and O–H groups in total. The molecule has 0 aliphatic carbocycles. The van der Waals surface area contributed by atoms with E-state index in [9.17, 15) is 25.0 Å². The molecule has 0 amide bonds. The van der Waals surface area contributed by atoms with Crippen LogP contribution in [0.1, 0.15) is 41.9 Å². The van der Waals surface area contributed by atoms with Crippen LogP contribution in [0, 0.1) is 31.6 Å². The maximum Gasteiger partial charge on any atom is 0.360 e. The summed E-state index contributed by atoms with van der Waals surface area (Å²) in [6, 6.07) is 11.3. The number of rotatable bonds is 5. The molecule has 0 radical (unpaired) electrons. The molecule has 2 aromatic carbocycles. The number of nitrogens with zero attached hydrogens (tertiary/aromatic N) is 5. The number of aromatic carboxylic acids is 1. The molecule has 0 saturated carbocycles. The van der Waals surface area contributed by atoms with Gasteiger partial charge in [0.15, 0.2) is 0 Å². The van der Waals surface area contributed by atoms with Crippen molar-refractivity contribution in [1.82, 2.24) is 15.1 Å². The summed E-state index contributed by atoms with van der Waals surface area (Å²) in [5, 5.41) is 47.1. The summed E-state index contributed by atoms with van der Waals surface area (Å²) in [5.74, 6) is -1.58. The highest BCUT2D eigenvalue weighted by Gasteiger charge is 2.31. The van der Waals surface area contributed by atoms with Crippen LogP contribution in [0.2, 0.25) is 0 Å². The third kappa shape index (κ3) is 5.48. The van der Waals surface area contributed by atoms with E-state index in [1.54, 1.807) is 0 Å². The van der Waals surface area contributed by atoms with Gasteiger partial charge in [-0.3, -0.25) is 30.2 Å². The van der Waals surface area contributed by atoms with E-state index in [4.69, 9.17) is 10.4 Å². The van der Waals surface area contributed by atoms with Crippen molar-refractivity contribution in [3.05, 3.63) is 79.5 Å². The molecule has 1 aromatic heterocycles. The normalized spacial score (nSPS) is 13.5. The number of H-pyrrole nitrogens is 1. The van der Waals surface area contributed by atoms with E-state index in [1.807, 2.05) is 18.2 Å². The minimum atomic E-state index is -1.58. The number of nitro groups is 2. The first-order chi connectivity index (χ1) is 16.6. The molecule has 12 heteroatoms. The first-order valence-electron chi connectivity index (χ1n) is 10.6. The Labute approximate surface area is 199 Å². The van der Waals surface area contributed by atoms with E-state index in [2.05, 4.69) is 41.1 Å². The lowest BCUT2D eigenvalue weighted by molar-refractivity contribution is -0.422. The number of carboxylic acids is 1. The number of aromatic amines is 1. The highest BCUT2D eigenvalue weighted by Crippen LogP contribution is 2.30. The lowest BCUT2D eigenvalue weighted by atomic mass is 10.0. The number of nitrogens with one attached hydrogen (secondary N) is 1. The van der Waals surface area contributed by atoms with Crippen molar-refractivity contribution in [1.29, 1.82) is 5.26 Å². The van der Waals surface area contributed by atoms with Crippen molar-refractivity contribution in [2.24, 2.45) is 0 Å². The number of nitro benzene ring substituents is 2. The van der Waals surface area contributed by atoms with Gasteiger partial charge in [-0.2, -0.15) is 10.4 Å². The Morgan fingerprint density at radius 2 is 1.97 bits per heavy atom. The summed E-state index contributed by atoms with van der Waals surface area (Å²) >= 11 is 0. The molecule has 2 heterocycles. The monoisotopic (exact) mass is 478 g/mol. The highest BCUT2D eigenvalue weighted by molar-refractivity contribution is 5.94. The van der Waals surface area contributed by atoms with Gasteiger partial charge in [0, 0.05) is 30.6 Å². The molecule has 3 aromatic rings. The van der Waals surface area contributed by atoms with E-state index in [0.29, 0.717) is 11.6 Å². The van der Waals surface area contributed by atoms with Crippen LogP contribution in [0.15, 0.2) is 42.5 Å². The number of para-hydroxylation sites is 1. The Kier molecular flexibility index (Phi) is 7.53. The summed E-state index contributed by atoms with van der Waals surface area (Å²) in [7, 11) is 0. The van der Waals surface area contributed by atoms with Crippen molar-refractivity contribution in [3.63, 3.8) is 0 Å². The van der Waals surface area contributed by atoms with Gasteiger partial charge in [0.25, 0.3) is 0 Å². The van der Waals surface area contributed by atoms with Crippen LogP contribution in [0.5, 0.6) is 0 Å². The second kappa shape index (κ2) is 10.5. The number of aromatic nitrogens is 2. The number of carboxylic acid groups (broad SMARTS) is 1. The summed E-state index contributed by atoms with van der Waals surface area (Å²) in [6.45, 7) is 6.49. The van der Waals surface area contributed by atoms with E-state index in [0.717, 1.165) is 54.3 Å². The Morgan fingerprint density at radius 3 is 2.51 bits per heavy atom. The predicted molar refractivity (Wildman–Crippen MR) is 127 cm³/mol. The molecular weight excluding hydrogens is 456 g/mol. The topological polar surface area (TPSA) is 179 Å². The quantitative estimate of drug-likeness (QED) is 0.402. The van der Waals surface area contributed by atoms with Gasteiger partial charge in [0.2, 0.25) is 0 Å². The Bertz CT molecular complexity index is 1340. The van der Waals surface area contributed by atoms with Crippen molar-refractivity contribution < 1.29 is 19.7 Å². The second-order valence-corrected chi connectivity index (χ2v) is 8.01. The molecular formula is C23H22N6O6. The Balaban J connectivity index is 0.000000205. The van der Waals surface area contributed by atoms with Gasteiger partial charge in [-0.15, -0.1) is 0 Å². The highest BCUT2D eigenvalue weighted by atomic mass is 16.6. The van der Waals surface area contributed by atoms with Gasteiger partial charge in [0.1, 0.15) is 5.56 Å². The largest absolute Gasteiger partial charge is 0.477 e. The van der Waals surface area contributed by atoms with Crippen LogP contribution >= 0.6 is 0 Å². The average Bonchev–Trinajstić information content (AvgIpc) is 3.27. The number of benzene rings is 2. The van der Waals surface area contributed by atoms with E-state index >= 15 is 0 Å². The standard InChI is InChI=1S/C16H18N4.C7H4N2O6/c1-11(2)20-7-5-13(6-8-20)16-14-9-12(10-17)3-4-15(14)18-19-16;10-7(11)4-2-1-3-5(8(12)13)6(4)9(14)15/h3-5,9,11H,6-8H2,1-2H3,(H,18,19);1-3H,(H,10,11). The lowest BCUT2D eigenvalue weighted by Gasteiger charge is -2.29.